The maximum absolute atomic E-state index is 11.4. The third-order valence-electron chi connectivity index (χ3n) is 4.75. The SMILES string of the molecule is COc1ccc2c(c1)[N+](C)(c1ccccn1)C=C2Sc1ccccc1[N+](=O)[O-]. The molecule has 1 aliphatic heterocycles. The number of rotatable bonds is 5. The summed E-state index contributed by atoms with van der Waals surface area (Å²) >= 11 is 1.39. The van der Waals surface area contributed by atoms with E-state index in [1.165, 1.54) is 17.8 Å². The molecule has 28 heavy (non-hydrogen) atoms. The fraction of sp³-hybridized carbons (Fsp3) is 0.0952. The van der Waals surface area contributed by atoms with Crippen molar-refractivity contribution < 1.29 is 9.66 Å². The highest BCUT2D eigenvalue weighted by Gasteiger charge is 2.39. The van der Waals surface area contributed by atoms with Crippen molar-refractivity contribution in [3.63, 3.8) is 0 Å². The fourth-order valence-corrected chi connectivity index (χ4v) is 4.49. The molecule has 1 unspecified atom stereocenters. The van der Waals surface area contributed by atoms with Gasteiger partial charge in [-0.15, -0.1) is 0 Å². The molecule has 1 aliphatic rings. The van der Waals surface area contributed by atoms with Crippen molar-refractivity contribution in [2.24, 2.45) is 0 Å². The zero-order valence-electron chi connectivity index (χ0n) is 15.4. The molecule has 0 saturated carbocycles. The summed E-state index contributed by atoms with van der Waals surface area (Å²) in [5.74, 6) is 1.61. The number of hydrogen-bond donors (Lipinski definition) is 0. The van der Waals surface area contributed by atoms with Crippen molar-refractivity contribution >= 4 is 33.9 Å². The molecule has 0 aliphatic carbocycles. The summed E-state index contributed by atoms with van der Waals surface area (Å²) in [7, 11) is 3.69. The van der Waals surface area contributed by atoms with E-state index in [1.807, 2.05) is 49.5 Å². The lowest BCUT2D eigenvalue weighted by Crippen LogP contribution is -2.32. The van der Waals surface area contributed by atoms with Crippen LogP contribution in [0.5, 0.6) is 5.75 Å². The van der Waals surface area contributed by atoms with E-state index < -0.39 is 0 Å². The smallest absolute Gasteiger partial charge is 0.283 e. The number of quaternary nitrogens is 1. The largest absolute Gasteiger partial charge is 0.497 e. The van der Waals surface area contributed by atoms with E-state index in [0.717, 1.165) is 27.7 Å². The van der Waals surface area contributed by atoms with Crippen LogP contribution in [0.15, 0.2) is 78.0 Å². The lowest BCUT2D eigenvalue weighted by Gasteiger charge is -2.25. The zero-order chi connectivity index (χ0) is 19.7. The van der Waals surface area contributed by atoms with Crippen molar-refractivity contribution in [3.8, 4) is 5.75 Å². The van der Waals surface area contributed by atoms with E-state index in [2.05, 4.69) is 11.2 Å². The molecule has 0 bridgehead atoms. The summed E-state index contributed by atoms with van der Waals surface area (Å²) in [4.78, 5) is 17.2. The van der Waals surface area contributed by atoms with Gasteiger partial charge in [-0.1, -0.05) is 30.0 Å². The molecular weight excluding hydrogens is 374 g/mol. The average Bonchev–Trinajstić information content (AvgIpc) is 3.01. The standard InChI is InChI=1S/C21H18N3O3S/c1-24(21-9-5-6-12-22-21)14-20(16-11-10-15(27-2)13-18(16)24)28-19-8-4-3-7-17(19)23(25)26/h3-14H,1-2H3/q+1. The first-order valence-electron chi connectivity index (χ1n) is 8.64. The van der Waals surface area contributed by atoms with Gasteiger partial charge in [0.15, 0.2) is 5.69 Å². The second-order valence-electron chi connectivity index (χ2n) is 6.47. The second-order valence-corrected chi connectivity index (χ2v) is 7.55. The summed E-state index contributed by atoms with van der Waals surface area (Å²) in [6.45, 7) is 0. The van der Waals surface area contributed by atoms with Crippen molar-refractivity contribution in [1.82, 2.24) is 9.47 Å². The van der Waals surface area contributed by atoms with Gasteiger partial charge in [-0.05, 0) is 24.3 Å². The normalized spacial score (nSPS) is 17.7. The van der Waals surface area contributed by atoms with Gasteiger partial charge in [0, 0.05) is 24.4 Å². The monoisotopic (exact) mass is 392 g/mol. The Morgan fingerprint density at radius 3 is 2.61 bits per heavy atom. The Morgan fingerprint density at radius 1 is 1.11 bits per heavy atom. The average molecular weight is 392 g/mol. The Kier molecular flexibility index (Phi) is 4.62. The molecule has 1 atom stereocenters. The maximum Gasteiger partial charge on any atom is 0.283 e. The molecule has 0 amide bonds. The van der Waals surface area contributed by atoms with E-state index in [0.29, 0.717) is 9.38 Å². The Hall–Kier alpha value is -3.16. The van der Waals surface area contributed by atoms with Crippen LogP contribution in [0.25, 0.3) is 4.91 Å². The minimum Gasteiger partial charge on any atom is -0.497 e. The van der Waals surface area contributed by atoms with Crippen molar-refractivity contribution in [1.29, 1.82) is 0 Å². The molecule has 0 saturated heterocycles. The molecule has 3 aromatic rings. The van der Waals surface area contributed by atoms with Crippen LogP contribution in [0.2, 0.25) is 0 Å². The third-order valence-corrected chi connectivity index (χ3v) is 5.86. The first kappa shape index (κ1) is 18.2. The minimum atomic E-state index is -0.348. The summed E-state index contributed by atoms with van der Waals surface area (Å²) < 4.78 is 5.78. The van der Waals surface area contributed by atoms with E-state index >= 15 is 0 Å². The Balaban J connectivity index is 1.85. The lowest BCUT2D eigenvalue weighted by atomic mass is 10.1. The highest BCUT2D eigenvalue weighted by Crippen LogP contribution is 2.52. The zero-order valence-corrected chi connectivity index (χ0v) is 16.2. The molecule has 0 fully saturated rings. The molecule has 0 radical (unpaired) electrons. The number of thioether (sulfide) groups is 1. The summed E-state index contributed by atoms with van der Waals surface area (Å²) in [6, 6.07) is 18.5. The van der Waals surface area contributed by atoms with Gasteiger partial charge in [-0.2, -0.15) is 0 Å². The predicted octanol–water partition coefficient (Wildman–Crippen LogP) is 5.37. The maximum atomic E-state index is 11.4. The summed E-state index contributed by atoms with van der Waals surface area (Å²) in [5, 5.41) is 11.4. The number of ether oxygens (including phenoxy) is 1. The summed E-state index contributed by atoms with van der Waals surface area (Å²) in [6.07, 6.45) is 3.84. The number of para-hydroxylation sites is 1. The number of benzene rings is 2. The Labute approximate surface area is 166 Å². The molecule has 0 spiro atoms. The van der Waals surface area contributed by atoms with Crippen LogP contribution in [-0.4, -0.2) is 24.1 Å². The molecule has 2 heterocycles. The van der Waals surface area contributed by atoms with Gasteiger partial charge in [-0.3, -0.25) is 10.1 Å². The van der Waals surface area contributed by atoms with Gasteiger partial charge < -0.3 is 4.74 Å². The number of nitrogens with zero attached hydrogens (tertiary/aromatic N) is 3. The van der Waals surface area contributed by atoms with Crippen LogP contribution in [0.1, 0.15) is 5.56 Å². The first-order chi connectivity index (χ1) is 13.5. The van der Waals surface area contributed by atoms with E-state index in [9.17, 15) is 10.1 Å². The van der Waals surface area contributed by atoms with Crippen LogP contribution in [0, 0.1) is 10.1 Å². The van der Waals surface area contributed by atoms with Gasteiger partial charge in [-0.25, -0.2) is 9.47 Å². The molecule has 0 N–H and O–H groups in total. The van der Waals surface area contributed by atoms with Crippen molar-refractivity contribution in [3.05, 3.63) is 88.7 Å². The van der Waals surface area contributed by atoms with Crippen LogP contribution < -0.4 is 9.22 Å². The molecule has 6 nitrogen and oxygen atoms in total. The topological polar surface area (TPSA) is 65.3 Å². The van der Waals surface area contributed by atoms with Crippen LogP contribution in [0.3, 0.4) is 0 Å². The molecule has 1 aromatic heterocycles. The Bertz CT molecular complexity index is 1090. The quantitative estimate of drug-likeness (QED) is 0.332. The minimum absolute atomic E-state index is 0.0994. The van der Waals surface area contributed by atoms with Gasteiger partial charge >= 0.3 is 0 Å². The number of aromatic nitrogens is 1. The number of nitro benzene ring substituents is 1. The second kappa shape index (κ2) is 7.10. The summed E-state index contributed by atoms with van der Waals surface area (Å²) in [5.41, 5.74) is 2.12. The van der Waals surface area contributed by atoms with Crippen molar-refractivity contribution in [2.45, 2.75) is 4.90 Å². The van der Waals surface area contributed by atoms with Crippen LogP contribution in [0.4, 0.5) is 17.2 Å². The number of nitro groups is 1. The molecule has 7 heteroatoms. The predicted molar refractivity (Wildman–Crippen MR) is 112 cm³/mol. The first-order valence-corrected chi connectivity index (χ1v) is 9.45. The van der Waals surface area contributed by atoms with Crippen molar-refractivity contribution in [2.75, 3.05) is 14.2 Å². The van der Waals surface area contributed by atoms with E-state index in [1.54, 1.807) is 25.4 Å². The number of hydrogen-bond acceptors (Lipinski definition) is 5. The fourth-order valence-electron chi connectivity index (χ4n) is 3.32. The molecule has 2 aromatic carbocycles. The Morgan fingerprint density at radius 2 is 1.89 bits per heavy atom. The van der Waals surface area contributed by atoms with Gasteiger partial charge in [0.25, 0.3) is 5.69 Å². The van der Waals surface area contributed by atoms with Crippen LogP contribution >= 0.6 is 11.8 Å². The highest BCUT2D eigenvalue weighted by atomic mass is 32.2. The molecule has 140 valence electrons. The number of fused-ring (bicyclic) bond motifs is 1. The van der Waals surface area contributed by atoms with Gasteiger partial charge in [0.05, 0.1) is 34.4 Å². The van der Waals surface area contributed by atoms with Gasteiger partial charge in [0.2, 0.25) is 5.82 Å². The molecular formula is C21H18N3O3S+. The lowest BCUT2D eigenvalue weighted by molar-refractivity contribution is -0.387. The van der Waals surface area contributed by atoms with E-state index in [4.69, 9.17) is 4.74 Å². The molecule has 4 rings (SSSR count). The third kappa shape index (κ3) is 3.04. The highest BCUT2D eigenvalue weighted by molar-refractivity contribution is 8.08. The van der Waals surface area contributed by atoms with Crippen LogP contribution in [-0.2, 0) is 0 Å². The number of pyridine rings is 1. The number of methoxy groups -OCH3 is 1. The van der Waals surface area contributed by atoms with E-state index in [-0.39, 0.29) is 10.6 Å². The van der Waals surface area contributed by atoms with Gasteiger partial charge in [0.1, 0.15) is 11.9 Å².